The Morgan fingerprint density at radius 3 is 2.24 bits per heavy atom. The number of rotatable bonds is 11. The summed E-state index contributed by atoms with van der Waals surface area (Å²) in [5.41, 5.74) is 2.77. The lowest BCUT2D eigenvalue weighted by atomic mass is 10.1. The van der Waals surface area contributed by atoms with E-state index in [1.54, 1.807) is 18.3 Å². The molecular weight excluding hydrogens is 438 g/mol. The Labute approximate surface area is 198 Å². The van der Waals surface area contributed by atoms with Crippen molar-refractivity contribution in [3.05, 3.63) is 65.0 Å². The second kappa shape index (κ2) is 11.7. The van der Waals surface area contributed by atoms with Crippen LogP contribution in [0.3, 0.4) is 0 Å². The number of hydrogen-bond donors (Lipinski definition) is 2. The molecule has 0 unspecified atom stereocenters. The second-order valence-corrected chi connectivity index (χ2v) is 7.36. The van der Waals surface area contributed by atoms with Gasteiger partial charge >= 0.3 is 0 Å². The third-order valence-corrected chi connectivity index (χ3v) is 5.23. The molecule has 0 aliphatic carbocycles. The number of amides is 2. The van der Waals surface area contributed by atoms with Crippen LogP contribution in [0.15, 0.2) is 42.6 Å². The van der Waals surface area contributed by atoms with E-state index in [1.165, 1.54) is 31.6 Å². The summed E-state index contributed by atoms with van der Waals surface area (Å²) in [7, 11) is 4.44. The van der Waals surface area contributed by atoms with Crippen molar-refractivity contribution >= 4 is 11.8 Å². The van der Waals surface area contributed by atoms with E-state index in [-0.39, 0.29) is 29.8 Å². The standard InChI is InChI=1S/C24H29N5O5/c1-5-16-6-8-17(9-7-16)14-26-24(31)19-15-29(28-27-19)13-12-25-23(30)18-10-11-20(32-2)22(34-4)21(18)33-3/h6-11,15H,5,12-14H2,1-4H3,(H,25,30)(H,26,31). The predicted octanol–water partition coefficient (Wildman–Crippen LogP) is 2.23. The molecule has 2 aromatic carbocycles. The van der Waals surface area contributed by atoms with Gasteiger partial charge in [-0.15, -0.1) is 5.10 Å². The van der Waals surface area contributed by atoms with Gasteiger partial charge in [-0.2, -0.15) is 0 Å². The first-order valence-corrected chi connectivity index (χ1v) is 10.8. The van der Waals surface area contributed by atoms with Crippen LogP contribution >= 0.6 is 0 Å². The van der Waals surface area contributed by atoms with E-state index in [0.717, 1.165) is 12.0 Å². The van der Waals surface area contributed by atoms with E-state index in [9.17, 15) is 9.59 Å². The minimum atomic E-state index is -0.343. The van der Waals surface area contributed by atoms with E-state index in [4.69, 9.17) is 14.2 Å². The number of aryl methyl sites for hydroxylation is 1. The van der Waals surface area contributed by atoms with Gasteiger partial charge in [0.05, 0.1) is 39.6 Å². The second-order valence-electron chi connectivity index (χ2n) is 7.36. The Morgan fingerprint density at radius 2 is 1.59 bits per heavy atom. The van der Waals surface area contributed by atoms with Gasteiger partial charge in [-0.25, -0.2) is 4.68 Å². The summed E-state index contributed by atoms with van der Waals surface area (Å²) >= 11 is 0. The molecule has 34 heavy (non-hydrogen) atoms. The predicted molar refractivity (Wildman–Crippen MR) is 125 cm³/mol. The number of benzene rings is 2. The Kier molecular flexibility index (Phi) is 8.44. The highest BCUT2D eigenvalue weighted by Crippen LogP contribution is 2.39. The number of hydrogen-bond acceptors (Lipinski definition) is 7. The number of ether oxygens (including phenoxy) is 3. The molecular formula is C24H29N5O5. The van der Waals surface area contributed by atoms with Crippen molar-refractivity contribution in [1.82, 2.24) is 25.6 Å². The van der Waals surface area contributed by atoms with E-state index in [2.05, 4.69) is 27.9 Å². The normalized spacial score (nSPS) is 10.5. The highest BCUT2D eigenvalue weighted by molar-refractivity contribution is 5.98. The molecule has 180 valence electrons. The van der Waals surface area contributed by atoms with Gasteiger partial charge in [-0.05, 0) is 29.7 Å². The third-order valence-electron chi connectivity index (χ3n) is 5.23. The molecule has 0 saturated carbocycles. The SMILES string of the molecule is CCc1ccc(CNC(=O)c2cn(CCNC(=O)c3ccc(OC)c(OC)c3OC)nn2)cc1. The topological polar surface area (TPSA) is 117 Å². The average molecular weight is 468 g/mol. The molecule has 3 aromatic rings. The van der Waals surface area contributed by atoms with Crippen molar-refractivity contribution in [2.45, 2.75) is 26.4 Å². The van der Waals surface area contributed by atoms with Gasteiger partial charge in [0.2, 0.25) is 5.75 Å². The third kappa shape index (κ3) is 5.83. The number of methoxy groups -OCH3 is 3. The summed E-state index contributed by atoms with van der Waals surface area (Å²) in [6, 6.07) is 11.3. The van der Waals surface area contributed by atoms with Crippen LogP contribution < -0.4 is 24.8 Å². The molecule has 1 aromatic heterocycles. The number of carbonyl (C=O) groups excluding carboxylic acids is 2. The number of nitrogens with zero attached hydrogens (tertiary/aromatic N) is 3. The van der Waals surface area contributed by atoms with Crippen molar-refractivity contribution in [2.24, 2.45) is 0 Å². The fraction of sp³-hybridized carbons (Fsp3) is 0.333. The lowest BCUT2D eigenvalue weighted by Crippen LogP contribution is -2.28. The molecule has 10 heteroatoms. The maximum atomic E-state index is 12.7. The fourth-order valence-electron chi connectivity index (χ4n) is 3.34. The maximum Gasteiger partial charge on any atom is 0.273 e. The minimum Gasteiger partial charge on any atom is -0.493 e. The van der Waals surface area contributed by atoms with Crippen molar-refractivity contribution < 1.29 is 23.8 Å². The maximum absolute atomic E-state index is 12.7. The summed E-state index contributed by atoms with van der Waals surface area (Å²) < 4.78 is 17.4. The first-order chi connectivity index (χ1) is 16.5. The molecule has 0 saturated heterocycles. The van der Waals surface area contributed by atoms with Crippen molar-refractivity contribution in [1.29, 1.82) is 0 Å². The van der Waals surface area contributed by atoms with Gasteiger partial charge in [-0.1, -0.05) is 36.4 Å². The smallest absolute Gasteiger partial charge is 0.273 e. The Bertz CT molecular complexity index is 1130. The zero-order valence-corrected chi connectivity index (χ0v) is 19.8. The van der Waals surface area contributed by atoms with Crippen LogP contribution in [0, 0.1) is 0 Å². The Balaban J connectivity index is 1.53. The first kappa shape index (κ1) is 24.6. The van der Waals surface area contributed by atoms with Crippen LogP contribution in [-0.4, -0.2) is 54.7 Å². The molecule has 2 N–H and O–H groups in total. The summed E-state index contributed by atoms with van der Waals surface area (Å²) in [6.45, 7) is 3.10. The lowest BCUT2D eigenvalue weighted by Gasteiger charge is -2.15. The van der Waals surface area contributed by atoms with Gasteiger partial charge in [0, 0.05) is 13.1 Å². The minimum absolute atomic E-state index is 0.207. The zero-order valence-electron chi connectivity index (χ0n) is 19.8. The van der Waals surface area contributed by atoms with Crippen LogP contribution in [-0.2, 0) is 19.5 Å². The fourth-order valence-corrected chi connectivity index (χ4v) is 3.34. The number of aromatic nitrogens is 3. The van der Waals surface area contributed by atoms with Crippen molar-refractivity contribution in [3.63, 3.8) is 0 Å². The molecule has 2 amide bonds. The van der Waals surface area contributed by atoms with Crippen LogP contribution in [0.25, 0.3) is 0 Å². The summed E-state index contributed by atoms with van der Waals surface area (Å²) in [5.74, 6) is 0.423. The Hall–Kier alpha value is -4.08. The number of carbonyl (C=O) groups is 2. The van der Waals surface area contributed by atoms with Crippen molar-refractivity contribution in [2.75, 3.05) is 27.9 Å². The zero-order chi connectivity index (χ0) is 24.5. The summed E-state index contributed by atoms with van der Waals surface area (Å²) in [6.07, 6.45) is 2.51. The quantitative estimate of drug-likeness (QED) is 0.444. The summed E-state index contributed by atoms with van der Waals surface area (Å²) in [4.78, 5) is 25.0. The number of nitrogens with one attached hydrogen (secondary N) is 2. The molecule has 0 fully saturated rings. The van der Waals surface area contributed by atoms with Gasteiger partial charge < -0.3 is 24.8 Å². The van der Waals surface area contributed by atoms with Gasteiger partial charge in [0.15, 0.2) is 17.2 Å². The molecule has 1 heterocycles. The largest absolute Gasteiger partial charge is 0.493 e. The van der Waals surface area contributed by atoms with Crippen LogP contribution in [0.1, 0.15) is 38.9 Å². The van der Waals surface area contributed by atoms with Crippen LogP contribution in [0.5, 0.6) is 17.2 Å². The first-order valence-electron chi connectivity index (χ1n) is 10.8. The molecule has 10 nitrogen and oxygen atoms in total. The molecule has 0 spiro atoms. The van der Waals surface area contributed by atoms with Crippen LogP contribution in [0.4, 0.5) is 0 Å². The molecule has 0 radical (unpaired) electrons. The van der Waals surface area contributed by atoms with Crippen LogP contribution in [0.2, 0.25) is 0 Å². The monoisotopic (exact) mass is 467 g/mol. The molecule has 3 rings (SSSR count). The van der Waals surface area contributed by atoms with E-state index in [1.807, 2.05) is 24.3 Å². The molecule has 0 aliphatic rings. The lowest BCUT2D eigenvalue weighted by molar-refractivity contribution is 0.0938. The Morgan fingerprint density at radius 1 is 0.882 bits per heavy atom. The van der Waals surface area contributed by atoms with Gasteiger partial charge in [0.1, 0.15) is 0 Å². The highest BCUT2D eigenvalue weighted by atomic mass is 16.5. The average Bonchev–Trinajstić information content (AvgIpc) is 3.35. The van der Waals surface area contributed by atoms with Gasteiger partial charge in [0.25, 0.3) is 11.8 Å². The van der Waals surface area contributed by atoms with E-state index >= 15 is 0 Å². The van der Waals surface area contributed by atoms with E-state index < -0.39 is 0 Å². The van der Waals surface area contributed by atoms with Crippen molar-refractivity contribution in [3.8, 4) is 17.2 Å². The highest BCUT2D eigenvalue weighted by Gasteiger charge is 2.20. The molecule has 0 atom stereocenters. The van der Waals surface area contributed by atoms with E-state index in [0.29, 0.717) is 30.2 Å². The molecule has 0 bridgehead atoms. The summed E-state index contributed by atoms with van der Waals surface area (Å²) in [5, 5.41) is 13.5. The van der Waals surface area contributed by atoms with Gasteiger partial charge in [-0.3, -0.25) is 9.59 Å². The molecule has 0 aliphatic heterocycles.